The number of aromatic nitrogens is 2. The molecule has 2 aliphatic rings. The van der Waals surface area contributed by atoms with Gasteiger partial charge in [0.25, 0.3) is 15.6 Å². The summed E-state index contributed by atoms with van der Waals surface area (Å²) in [5.74, 6) is 1.66. The van der Waals surface area contributed by atoms with Crippen LogP contribution < -0.4 is 20.7 Å². The minimum Gasteiger partial charge on any atom is -0.454 e. The topological polar surface area (TPSA) is 99.8 Å². The van der Waals surface area contributed by atoms with E-state index in [1.807, 2.05) is 6.07 Å². The molecule has 174 valence electrons. The minimum absolute atomic E-state index is 0.0900. The monoisotopic (exact) mass is 463 g/mol. The fourth-order valence-corrected chi connectivity index (χ4v) is 6.51. The summed E-state index contributed by atoms with van der Waals surface area (Å²) in [4.78, 5) is 24.6. The van der Waals surface area contributed by atoms with Gasteiger partial charge in [-0.2, -0.15) is 4.31 Å². The summed E-state index contributed by atoms with van der Waals surface area (Å²) in [5, 5.41) is 0. The second kappa shape index (κ2) is 8.40. The van der Waals surface area contributed by atoms with Crippen molar-refractivity contribution in [3.63, 3.8) is 0 Å². The summed E-state index contributed by atoms with van der Waals surface area (Å²) < 4.78 is 42.0. The maximum Gasteiger partial charge on any atom is 0.330 e. The van der Waals surface area contributed by atoms with Gasteiger partial charge in [0.15, 0.2) is 16.4 Å². The molecule has 1 aromatic carbocycles. The van der Waals surface area contributed by atoms with Crippen molar-refractivity contribution in [3.05, 3.63) is 50.8 Å². The van der Waals surface area contributed by atoms with Crippen LogP contribution in [0.5, 0.6) is 11.5 Å². The van der Waals surface area contributed by atoms with E-state index in [-0.39, 0.29) is 25.3 Å². The quantitative estimate of drug-likeness (QED) is 0.671. The van der Waals surface area contributed by atoms with Crippen molar-refractivity contribution in [3.8, 4) is 11.5 Å². The highest BCUT2D eigenvalue weighted by Crippen LogP contribution is 2.37. The first-order chi connectivity index (χ1) is 15.1. The number of ether oxygens (including phenoxy) is 2. The second-order valence-corrected chi connectivity index (χ2v) is 10.7. The second-order valence-electron chi connectivity index (χ2n) is 8.82. The number of aryl methyl sites for hydroxylation is 1. The van der Waals surface area contributed by atoms with Crippen molar-refractivity contribution in [1.82, 2.24) is 13.4 Å². The van der Waals surface area contributed by atoms with Crippen molar-refractivity contribution in [1.29, 1.82) is 0 Å². The van der Waals surface area contributed by atoms with E-state index >= 15 is 0 Å². The average Bonchev–Trinajstić information content (AvgIpc) is 3.23. The van der Waals surface area contributed by atoms with Crippen molar-refractivity contribution in [2.45, 2.75) is 50.6 Å². The number of benzene rings is 1. The summed E-state index contributed by atoms with van der Waals surface area (Å²) in [7, 11) is -1.47. The maximum atomic E-state index is 13.9. The van der Waals surface area contributed by atoms with Crippen LogP contribution in [0.2, 0.25) is 0 Å². The van der Waals surface area contributed by atoms with Crippen LogP contribution in [0.4, 0.5) is 0 Å². The van der Waals surface area contributed by atoms with Crippen LogP contribution in [0.3, 0.4) is 0 Å². The van der Waals surface area contributed by atoms with E-state index in [0.717, 1.165) is 33.7 Å². The van der Waals surface area contributed by atoms with Crippen LogP contribution >= 0.6 is 0 Å². The van der Waals surface area contributed by atoms with Crippen LogP contribution in [-0.2, 0) is 30.7 Å². The summed E-state index contributed by atoms with van der Waals surface area (Å²) in [5.41, 5.74) is -0.652. The van der Waals surface area contributed by atoms with E-state index in [1.165, 1.54) is 18.4 Å². The van der Waals surface area contributed by atoms with Crippen LogP contribution in [0.1, 0.15) is 38.7 Å². The van der Waals surface area contributed by atoms with Crippen molar-refractivity contribution < 1.29 is 17.9 Å². The normalized spacial score (nSPS) is 23.0. The van der Waals surface area contributed by atoms with E-state index < -0.39 is 26.2 Å². The summed E-state index contributed by atoms with van der Waals surface area (Å²) in [6.45, 7) is 4.42. The Hall–Kier alpha value is -2.59. The molecule has 0 amide bonds. The third kappa shape index (κ3) is 3.86. The SMILES string of the molecule is CC1CCCC(N(Cc2ccc3c(c2)OCO3)S(=O)(=O)c2cn(C)c(=O)n(C)c2=O)C1C. The van der Waals surface area contributed by atoms with Crippen LogP contribution in [0.25, 0.3) is 0 Å². The number of fused-ring (bicyclic) bond motifs is 1. The van der Waals surface area contributed by atoms with Crippen molar-refractivity contribution in [2.24, 2.45) is 25.9 Å². The Morgan fingerprint density at radius 3 is 2.56 bits per heavy atom. The molecule has 0 spiro atoms. The molecule has 3 unspecified atom stereocenters. The molecule has 1 aliphatic heterocycles. The Labute approximate surface area is 187 Å². The van der Waals surface area contributed by atoms with Crippen molar-refractivity contribution >= 4 is 10.0 Å². The molecule has 3 atom stereocenters. The molecule has 1 fully saturated rings. The number of nitrogens with zero attached hydrogens (tertiary/aromatic N) is 3. The van der Waals surface area contributed by atoms with E-state index in [1.54, 1.807) is 12.1 Å². The highest BCUT2D eigenvalue weighted by molar-refractivity contribution is 7.89. The third-order valence-corrected chi connectivity index (χ3v) is 8.66. The molecule has 2 aromatic rings. The molecule has 4 rings (SSSR count). The lowest BCUT2D eigenvalue weighted by Crippen LogP contribution is -2.49. The van der Waals surface area contributed by atoms with E-state index in [4.69, 9.17) is 9.47 Å². The largest absolute Gasteiger partial charge is 0.454 e. The molecule has 9 nitrogen and oxygen atoms in total. The molecule has 0 saturated heterocycles. The number of rotatable bonds is 5. The van der Waals surface area contributed by atoms with Gasteiger partial charge >= 0.3 is 5.69 Å². The van der Waals surface area contributed by atoms with Gasteiger partial charge in [-0.25, -0.2) is 13.2 Å². The first-order valence-electron chi connectivity index (χ1n) is 10.8. The van der Waals surface area contributed by atoms with Gasteiger partial charge in [0.05, 0.1) is 0 Å². The summed E-state index contributed by atoms with van der Waals surface area (Å²) in [6, 6.07) is 5.09. The van der Waals surface area contributed by atoms with Crippen molar-refractivity contribution in [2.75, 3.05) is 6.79 Å². The molecular weight excluding hydrogens is 434 g/mol. The molecule has 32 heavy (non-hydrogen) atoms. The molecule has 1 aliphatic carbocycles. The zero-order chi connectivity index (χ0) is 23.2. The molecule has 1 aromatic heterocycles. The average molecular weight is 464 g/mol. The number of hydrogen-bond acceptors (Lipinski definition) is 6. The highest BCUT2D eigenvalue weighted by Gasteiger charge is 2.40. The first kappa shape index (κ1) is 22.6. The Kier molecular flexibility index (Phi) is 5.93. The predicted molar refractivity (Wildman–Crippen MR) is 118 cm³/mol. The van der Waals surface area contributed by atoms with Crippen LogP contribution in [0.15, 0.2) is 38.9 Å². The van der Waals surface area contributed by atoms with Gasteiger partial charge in [0.1, 0.15) is 0 Å². The molecule has 10 heteroatoms. The Morgan fingerprint density at radius 2 is 1.81 bits per heavy atom. The number of sulfonamides is 1. The molecular formula is C22H29N3O6S. The zero-order valence-electron chi connectivity index (χ0n) is 18.8. The number of hydrogen-bond donors (Lipinski definition) is 0. The Balaban J connectivity index is 1.82. The highest BCUT2D eigenvalue weighted by atomic mass is 32.2. The minimum atomic E-state index is -4.19. The molecule has 1 saturated carbocycles. The fourth-order valence-electron chi connectivity index (χ4n) is 4.64. The fraction of sp³-hybridized carbons (Fsp3) is 0.545. The van der Waals surface area contributed by atoms with Gasteiger partial charge in [-0.05, 0) is 36.0 Å². The van der Waals surface area contributed by atoms with Crippen LogP contribution in [0, 0.1) is 11.8 Å². The molecule has 0 radical (unpaired) electrons. The van der Waals surface area contributed by atoms with Gasteiger partial charge in [-0.3, -0.25) is 9.36 Å². The first-order valence-corrected chi connectivity index (χ1v) is 12.2. The maximum absolute atomic E-state index is 13.9. The lowest BCUT2D eigenvalue weighted by molar-refractivity contribution is 0.138. The Morgan fingerprint density at radius 1 is 1.09 bits per heavy atom. The van der Waals surface area contributed by atoms with Gasteiger partial charge in [-0.15, -0.1) is 0 Å². The standard InChI is InChI=1S/C22H29N3O6S/c1-14-6-5-7-17(15(14)2)25(11-16-8-9-18-19(10-16)31-13-30-18)32(28,29)20-12-23(3)22(27)24(4)21(20)26/h8-10,12,14-15,17H,5-7,11,13H2,1-4H3. The van der Waals surface area contributed by atoms with E-state index in [9.17, 15) is 18.0 Å². The Bertz CT molecular complexity index is 1250. The summed E-state index contributed by atoms with van der Waals surface area (Å²) in [6.07, 6.45) is 3.79. The lowest BCUT2D eigenvalue weighted by Gasteiger charge is -2.40. The smallest absolute Gasteiger partial charge is 0.330 e. The van der Waals surface area contributed by atoms with Gasteiger partial charge in [0.2, 0.25) is 6.79 Å². The van der Waals surface area contributed by atoms with E-state index in [0.29, 0.717) is 23.8 Å². The third-order valence-electron chi connectivity index (χ3n) is 6.81. The van der Waals surface area contributed by atoms with Crippen LogP contribution in [-0.4, -0.2) is 34.7 Å². The zero-order valence-corrected chi connectivity index (χ0v) is 19.6. The van der Waals surface area contributed by atoms with Gasteiger partial charge in [-0.1, -0.05) is 32.8 Å². The molecule has 0 bridgehead atoms. The molecule has 2 heterocycles. The lowest BCUT2D eigenvalue weighted by atomic mass is 9.78. The molecule has 0 N–H and O–H groups in total. The van der Waals surface area contributed by atoms with Gasteiger partial charge < -0.3 is 14.0 Å². The van der Waals surface area contributed by atoms with Gasteiger partial charge in [0, 0.05) is 32.9 Å². The van der Waals surface area contributed by atoms with E-state index in [2.05, 4.69) is 13.8 Å². The predicted octanol–water partition coefficient (Wildman–Crippen LogP) is 1.83. The summed E-state index contributed by atoms with van der Waals surface area (Å²) >= 11 is 0.